The minimum absolute atomic E-state index is 0.108. The Labute approximate surface area is 110 Å². The molecule has 0 radical (unpaired) electrons. The van der Waals surface area contributed by atoms with Crippen molar-refractivity contribution in [1.82, 2.24) is 5.32 Å². The first-order chi connectivity index (χ1) is 8.15. The van der Waals surface area contributed by atoms with E-state index in [0.717, 1.165) is 23.0 Å². The van der Waals surface area contributed by atoms with Gasteiger partial charge in [-0.25, -0.2) is 0 Å². The predicted molar refractivity (Wildman–Crippen MR) is 70.8 cm³/mol. The van der Waals surface area contributed by atoms with Gasteiger partial charge in [0.1, 0.15) is 5.75 Å². The fraction of sp³-hybridized carbons (Fsp3) is 0.417. The van der Waals surface area contributed by atoms with Crippen LogP contribution >= 0.6 is 15.9 Å². The van der Waals surface area contributed by atoms with Crippen molar-refractivity contribution in [2.24, 2.45) is 5.73 Å². The summed E-state index contributed by atoms with van der Waals surface area (Å²) in [5.41, 5.74) is 6.08. The fourth-order valence-electron chi connectivity index (χ4n) is 1.40. The van der Waals surface area contributed by atoms with Crippen LogP contribution in [0, 0.1) is 0 Å². The molecule has 0 fully saturated rings. The minimum Gasteiger partial charge on any atom is -0.482 e. The van der Waals surface area contributed by atoms with E-state index in [1.807, 2.05) is 18.2 Å². The summed E-state index contributed by atoms with van der Waals surface area (Å²) >= 11 is 3.40. The van der Waals surface area contributed by atoms with Gasteiger partial charge in [-0.15, -0.1) is 0 Å². The summed E-state index contributed by atoms with van der Waals surface area (Å²) in [6, 6.07) is 5.77. The third kappa shape index (κ3) is 4.75. The number of ether oxygens (including phenoxy) is 1. The van der Waals surface area contributed by atoms with Gasteiger partial charge in [0.25, 0.3) is 5.91 Å². The molecule has 0 spiro atoms. The number of nitrogens with two attached hydrogens (primary N) is 1. The van der Waals surface area contributed by atoms with Crippen LogP contribution in [0.2, 0.25) is 0 Å². The number of hydrogen-bond donors (Lipinski definition) is 2. The molecule has 0 aromatic heterocycles. The van der Waals surface area contributed by atoms with E-state index in [9.17, 15) is 4.79 Å². The average molecular weight is 301 g/mol. The third-order valence-electron chi connectivity index (χ3n) is 2.15. The normalized spacial score (nSPS) is 10.2. The summed E-state index contributed by atoms with van der Waals surface area (Å²) in [6.45, 7) is 3.66. The van der Waals surface area contributed by atoms with Crippen molar-refractivity contribution >= 4 is 21.8 Å². The van der Waals surface area contributed by atoms with Gasteiger partial charge in [0.05, 0.1) is 4.47 Å². The molecule has 5 heteroatoms. The zero-order valence-electron chi connectivity index (χ0n) is 9.83. The van der Waals surface area contributed by atoms with E-state index in [0.29, 0.717) is 12.3 Å². The largest absolute Gasteiger partial charge is 0.482 e. The van der Waals surface area contributed by atoms with E-state index in [-0.39, 0.29) is 6.61 Å². The molecular weight excluding hydrogens is 284 g/mol. The van der Waals surface area contributed by atoms with Crippen molar-refractivity contribution in [3.63, 3.8) is 0 Å². The Balaban J connectivity index is 2.73. The van der Waals surface area contributed by atoms with Crippen LogP contribution < -0.4 is 15.8 Å². The molecule has 0 saturated carbocycles. The number of nitrogens with one attached hydrogen (secondary N) is 1. The van der Waals surface area contributed by atoms with Gasteiger partial charge < -0.3 is 15.8 Å². The number of hydrogen-bond acceptors (Lipinski definition) is 3. The maximum absolute atomic E-state index is 10.7. The molecule has 0 aliphatic heterocycles. The van der Waals surface area contributed by atoms with Gasteiger partial charge >= 0.3 is 0 Å². The maximum Gasteiger partial charge on any atom is 0.255 e. The summed E-state index contributed by atoms with van der Waals surface area (Å²) in [7, 11) is 0. The second-order valence-electron chi connectivity index (χ2n) is 3.66. The number of rotatable bonds is 7. The Bertz CT molecular complexity index is 383. The first kappa shape index (κ1) is 14.0. The van der Waals surface area contributed by atoms with Crippen molar-refractivity contribution < 1.29 is 9.53 Å². The minimum atomic E-state index is -0.478. The highest BCUT2D eigenvalue weighted by atomic mass is 79.9. The lowest BCUT2D eigenvalue weighted by Crippen LogP contribution is -2.21. The summed E-state index contributed by atoms with van der Waals surface area (Å²) in [5, 5.41) is 3.29. The summed E-state index contributed by atoms with van der Waals surface area (Å²) < 4.78 is 6.23. The SMILES string of the molecule is CCCNCc1cccc(Br)c1OCC(N)=O. The van der Waals surface area contributed by atoms with Crippen LogP contribution in [0.4, 0.5) is 0 Å². The van der Waals surface area contributed by atoms with Crippen LogP contribution in [-0.4, -0.2) is 19.1 Å². The summed E-state index contributed by atoms with van der Waals surface area (Å²) in [5.74, 6) is 0.197. The fourth-order valence-corrected chi connectivity index (χ4v) is 1.92. The highest BCUT2D eigenvalue weighted by Crippen LogP contribution is 2.28. The molecule has 0 aliphatic rings. The molecule has 1 aromatic carbocycles. The van der Waals surface area contributed by atoms with Crippen LogP contribution in [0.5, 0.6) is 5.75 Å². The van der Waals surface area contributed by atoms with Crippen molar-refractivity contribution in [2.45, 2.75) is 19.9 Å². The predicted octanol–water partition coefficient (Wildman–Crippen LogP) is 1.81. The van der Waals surface area contributed by atoms with Gasteiger partial charge in [0, 0.05) is 12.1 Å². The van der Waals surface area contributed by atoms with Crippen LogP contribution in [0.3, 0.4) is 0 Å². The molecule has 4 nitrogen and oxygen atoms in total. The van der Waals surface area contributed by atoms with E-state index >= 15 is 0 Å². The first-order valence-corrected chi connectivity index (χ1v) is 6.33. The van der Waals surface area contributed by atoms with E-state index < -0.39 is 5.91 Å². The standard InChI is InChI=1S/C12H17BrN2O2/c1-2-6-15-7-9-4-3-5-10(13)12(9)17-8-11(14)16/h3-5,15H,2,6-8H2,1H3,(H2,14,16). The Hall–Kier alpha value is -1.07. The topological polar surface area (TPSA) is 64.3 Å². The summed E-state index contributed by atoms with van der Waals surface area (Å²) in [4.78, 5) is 10.7. The van der Waals surface area contributed by atoms with Gasteiger partial charge in [-0.05, 0) is 35.0 Å². The molecule has 1 rings (SSSR count). The molecule has 0 heterocycles. The van der Waals surface area contributed by atoms with Crippen molar-refractivity contribution in [3.05, 3.63) is 28.2 Å². The maximum atomic E-state index is 10.7. The molecule has 94 valence electrons. The number of halogens is 1. The molecule has 1 aromatic rings. The molecule has 0 saturated heterocycles. The molecule has 17 heavy (non-hydrogen) atoms. The summed E-state index contributed by atoms with van der Waals surface area (Å²) in [6.07, 6.45) is 1.07. The molecule has 0 atom stereocenters. The van der Waals surface area contributed by atoms with Gasteiger partial charge in [0.15, 0.2) is 6.61 Å². The van der Waals surface area contributed by atoms with Crippen LogP contribution in [0.1, 0.15) is 18.9 Å². The molecule has 1 amide bonds. The Morgan fingerprint density at radius 3 is 2.94 bits per heavy atom. The second kappa shape index (κ2) is 7.29. The van der Waals surface area contributed by atoms with E-state index in [1.54, 1.807) is 0 Å². The van der Waals surface area contributed by atoms with Gasteiger partial charge in [-0.3, -0.25) is 4.79 Å². The second-order valence-corrected chi connectivity index (χ2v) is 4.51. The number of primary amides is 1. The number of carbonyl (C=O) groups is 1. The zero-order chi connectivity index (χ0) is 12.7. The van der Waals surface area contributed by atoms with Crippen molar-refractivity contribution in [3.8, 4) is 5.75 Å². The lowest BCUT2D eigenvalue weighted by molar-refractivity contribution is -0.119. The zero-order valence-corrected chi connectivity index (χ0v) is 11.4. The molecule has 0 aliphatic carbocycles. The van der Waals surface area contributed by atoms with E-state index in [4.69, 9.17) is 10.5 Å². The van der Waals surface area contributed by atoms with E-state index in [1.165, 1.54) is 0 Å². The van der Waals surface area contributed by atoms with Gasteiger partial charge in [0.2, 0.25) is 0 Å². The number of carbonyl (C=O) groups excluding carboxylic acids is 1. The number of para-hydroxylation sites is 1. The monoisotopic (exact) mass is 300 g/mol. The van der Waals surface area contributed by atoms with Gasteiger partial charge in [-0.1, -0.05) is 19.1 Å². The highest BCUT2D eigenvalue weighted by molar-refractivity contribution is 9.10. The number of amides is 1. The Morgan fingerprint density at radius 1 is 1.53 bits per heavy atom. The highest BCUT2D eigenvalue weighted by Gasteiger charge is 2.08. The third-order valence-corrected chi connectivity index (χ3v) is 2.77. The van der Waals surface area contributed by atoms with Crippen molar-refractivity contribution in [2.75, 3.05) is 13.2 Å². The Morgan fingerprint density at radius 2 is 2.29 bits per heavy atom. The molecule has 0 bridgehead atoms. The lowest BCUT2D eigenvalue weighted by atomic mass is 10.2. The van der Waals surface area contributed by atoms with Crippen LogP contribution in [0.15, 0.2) is 22.7 Å². The first-order valence-electron chi connectivity index (χ1n) is 5.54. The quantitative estimate of drug-likeness (QED) is 0.755. The average Bonchev–Trinajstić information content (AvgIpc) is 2.28. The van der Waals surface area contributed by atoms with Crippen LogP contribution in [0.25, 0.3) is 0 Å². The van der Waals surface area contributed by atoms with Crippen molar-refractivity contribution in [1.29, 1.82) is 0 Å². The Kier molecular flexibility index (Phi) is 6.00. The smallest absolute Gasteiger partial charge is 0.255 e. The van der Waals surface area contributed by atoms with Gasteiger partial charge in [-0.2, -0.15) is 0 Å². The van der Waals surface area contributed by atoms with Crippen LogP contribution in [-0.2, 0) is 11.3 Å². The molecule has 0 unspecified atom stereocenters. The van der Waals surface area contributed by atoms with E-state index in [2.05, 4.69) is 28.2 Å². The molecular formula is C12H17BrN2O2. The lowest BCUT2D eigenvalue weighted by Gasteiger charge is -2.12. The number of benzene rings is 1. The molecule has 3 N–H and O–H groups in total.